The van der Waals surface area contributed by atoms with E-state index in [1.807, 2.05) is 0 Å². The number of rotatable bonds is 5. The van der Waals surface area contributed by atoms with Gasteiger partial charge in [-0.25, -0.2) is 32.8 Å². The average Bonchev–Trinajstić information content (AvgIpc) is 3.73. The van der Waals surface area contributed by atoms with E-state index in [2.05, 4.69) is 20.1 Å². The van der Waals surface area contributed by atoms with Gasteiger partial charge in [0.05, 0.1) is 38.7 Å². The Morgan fingerprint density at radius 1 is 1.17 bits per heavy atom. The number of alkyl halides is 3. The summed E-state index contributed by atoms with van der Waals surface area (Å²) in [7, 11) is 0. The molecule has 2 aromatic heterocycles. The predicted molar refractivity (Wildman–Crippen MR) is 153 cm³/mol. The highest BCUT2D eigenvalue weighted by Gasteiger charge is 2.56. The number of ether oxygens (including phenoxy) is 2. The molecule has 2 aliphatic rings. The summed E-state index contributed by atoms with van der Waals surface area (Å²) in [6.45, 7) is 1.13. The first-order chi connectivity index (χ1) is 21.7. The number of hydrogen-bond acceptors (Lipinski definition) is 9. The number of nitrogens with two attached hydrogens (primary N) is 1. The van der Waals surface area contributed by atoms with Gasteiger partial charge in [-0.05, 0) is 19.1 Å². The summed E-state index contributed by atoms with van der Waals surface area (Å²) in [6, 6.07) is -0.276. The summed E-state index contributed by atoms with van der Waals surface area (Å²) in [4.78, 5) is 11.0. The van der Waals surface area contributed by atoms with Crippen LogP contribution >= 0.6 is 34.5 Å². The quantitative estimate of drug-likeness (QED) is 0.141. The van der Waals surface area contributed by atoms with Crippen molar-refractivity contribution in [3.63, 3.8) is 0 Å². The second-order valence-electron chi connectivity index (χ2n) is 10.4. The molecule has 0 aliphatic carbocycles. The number of allylic oxidation sites excluding steroid dienone is 1. The average molecular weight is 710 g/mol. The van der Waals surface area contributed by atoms with Crippen LogP contribution in [0.25, 0.3) is 21.5 Å². The van der Waals surface area contributed by atoms with Crippen LogP contribution in [0.5, 0.6) is 0 Å². The molecule has 19 heteroatoms. The van der Waals surface area contributed by atoms with Crippen LogP contribution in [0, 0.1) is 24.4 Å². The molecule has 0 spiro atoms. The van der Waals surface area contributed by atoms with Crippen molar-refractivity contribution in [3.05, 3.63) is 74.1 Å². The molecule has 10 nitrogen and oxygen atoms in total. The number of aliphatic hydroxyl groups is 2. The Balaban J connectivity index is 1.43. The Labute approximate surface area is 268 Å². The van der Waals surface area contributed by atoms with Crippen molar-refractivity contribution >= 4 is 56.5 Å². The van der Waals surface area contributed by atoms with E-state index >= 15 is 4.39 Å². The molecule has 2 aromatic carbocycles. The second-order valence-corrected chi connectivity index (χ2v) is 12.0. The molecule has 6 atom stereocenters. The van der Waals surface area contributed by atoms with E-state index in [4.69, 9.17) is 38.4 Å². The van der Waals surface area contributed by atoms with Gasteiger partial charge in [-0.2, -0.15) is 18.3 Å². The van der Waals surface area contributed by atoms with Gasteiger partial charge in [-0.15, -0.1) is 11.3 Å². The number of nitrogens with one attached hydrogen (secondary N) is 1. The molecule has 2 saturated heterocycles. The normalized spacial score (nSPS) is 25.6. The van der Waals surface area contributed by atoms with Crippen molar-refractivity contribution in [1.29, 1.82) is 0 Å². The van der Waals surface area contributed by atoms with Crippen LogP contribution in [0.3, 0.4) is 0 Å². The maximum absolute atomic E-state index is 15.2. The second kappa shape index (κ2) is 12.0. The molecule has 244 valence electrons. The minimum Gasteiger partial charge on any atom is -0.404 e. The molecule has 2 fully saturated rings. The van der Waals surface area contributed by atoms with E-state index < -0.39 is 81.5 Å². The molecule has 2 aliphatic heterocycles. The topological polar surface area (TPSA) is 143 Å². The van der Waals surface area contributed by atoms with Crippen LogP contribution in [-0.4, -0.2) is 73.2 Å². The summed E-state index contributed by atoms with van der Waals surface area (Å²) in [5.41, 5.74) is 4.64. The molecule has 6 rings (SSSR count). The lowest BCUT2D eigenvalue weighted by atomic mass is 9.91. The Morgan fingerprint density at radius 2 is 1.91 bits per heavy atom. The zero-order chi connectivity index (χ0) is 33.2. The molecule has 4 heterocycles. The fraction of sp³-hybridized carbons (Fsp3) is 0.333. The first-order valence-corrected chi connectivity index (χ1v) is 14.9. The van der Waals surface area contributed by atoms with E-state index in [-0.39, 0.29) is 45.7 Å². The molecule has 0 saturated carbocycles. The molecular formula is C27H21Cl2F6N6O4S+. The minimum absolute atomic E-state index is 0.00405. The third kappa shape index (κ3) is 5.42. The number of halogens is 8. The van der Waals surface area contributed by atoms with Gasteiger partial charge >= 0.3 is 6.18 Å². The number of aryl methyl sites for hydroxylation is 1. The largest absolute Gasteiger partial charge is 0.418 e. The van der Waals surface area contributed by atoms with E-state index in [9.17, 15) is 32.2 Å². The predicted octanol–water partition coefficient (Wildman–Crippen LogP) is 3.01. The van der Waals surface area contributed by atoms with E-state index in [1.54, 1.807) is 0 Å². The van der Waals surface area contributed by atoms with Crippen molar-refractivity contribution < 1.29 is 51.0 Å². The highest BCUT2D eigenvalue weighted by molar-refractivity contribution is 7.17. The zero-order valence-corrected chi connectivity index (χ0v) is 25.4. The van der Waals surface area contributed by atoms with E-state index in [0.29, 0.717) is 6.07 Å². The van der Waals surface area contributed by atoms with Gasteiger partial charge in [0.1, 0.15) is 34.4 Å². The van der Waals surface area contributed by atoms with Crippen molar-refractivity contribution in [3.8, 4) is 5.69 Å². The number of nitrogens with zero attached hydrogens (tertiary/aromatic N) is 4. The van der Waals surface area contributed by atoms with Gasteiger partial charge in [-0.1, -0.05) is 23.2 Å². The summed E-state index contributed by atoms with van der Waals surface area (Å²) in [6.07, 6.45) is -9.57. The van der Waals surface area contributed by atoms with Gasteiger partial charge in [-0.3, -0.25) is 0 Å². The maximum Gasteiger partial charge on any atom is 0.418 e. The number of thiazole rings is 1. The van der Waals surface area contributed by atoms with Crippen LogP contribution in [0.2, 0.25) is 10.0 Å². The smallest absolute Gasteiger partial charge is 0.404 e. The standard InChI is InChI=1S/C27H20Cl2F6N6O4S/c1-8-39-26(41(40-8)13-3-11(28)12(30)2-10(13)27(33,34)35)24-21(43)20(23-22(45-24)14(42)6-44-23)37-5-9(4-36)15-17(31)18(32)16(29)19-25(15)46-7-38-19/h2-5,7,14,20-24,42-43H,6,36H2,1H3/p+1/b9-4+,37-5?/t14?,20?,21?,22?,23-,24-/m1/s1. The summed E-state index contributed by atoms with van der Waals surface area (Å²) >= 11 is 12.7. The van der Waals surface area contributed by atoms with Gasteiger partial charge in [0.15, 0.2) is 42.0 Å². The van der Waals surface area contributed by atoms with Crippen LogP contribution in [-0.2, 0) is 15.7 Å². The van der Waals surface area contributed by atoms with Crippen molar-refractivity contribution in [2.45, 2.75) is 49.7 Å². The SMILES string of the molecule is Cc1nc([C@@H]2OC3C(O)CO[C@@H]3C([NH+]=C/C(=C\N)c3c(F)c(F)c(Cl)c4ncsc34)C2O)n(-c2cc(Cl)c(F)cc2C(F)(F)F)n1. The molecule has 0 radical (unpaired) electrons. The van der Waals surface area contributed by atoms with Gasteiger partial charge in [0.2, 0.25) is 6.04 Å². The van der Waals surface area contributed by atoms with Gasteiger partial charge < -0.3 is 25.4 Å². The number of aromatic nitrogens is 4. The Hall–Kier alpha value is -3.32. The van der Waals surface area contributed by atoms with Crippen molar-refractivity contribution in [1.82, 2.24) is 19.7 Å². The van der Waals surface area contributed by atoms with Gasteiger partial charge in [0, 0.05) is 11.8 Å². The fourth-order valence-electron chi connectivity index (χ4n) is 5.50. The number of hydrogen-bond donors (Lipinski definition) is 4. The highest BCUT2D eigenvalue weighted by atomic mass is 35.5. The first-order valence-electron chi connectivity index (χ1n) is 13.3. The Morgan fingerprint density at radius 3 is 2.61 bits per heavy atom. The lowest BCUT2D eigenvalue weighted by molar-refractivity contribution is -0.539. The Kier molecular flexibility index (Phi) is 8.54. The van der Waals surface area contributed by atoms with Crippen molar-refractivity contribution in [2.24, 2.45) is 5.73 Å². The van der Waals surface area contributed by atoms with Crippen LogP contribution in [0.4, 0.5) is 26.3 Å². The lowest BCUT2D eigenvalue weighted by Gasteiger charge is -2.37. The number of benzene rings is 2. The van der Waals surface area contributed by atoms with Crippen molar-refractivity contribution in [2.75, 3.05) is 6.61 Å². The molecule has 0 bridgehead atoms. The maximum atomic E-state index is 15.2. The molecule has 46 heavy (non-hydrogen) atoms. The fourth-order valence-corrected chi connectivity index (χ4v) is 6.80. The monoisotopic (exact) mass is 709 g/mol. The van der Waals surface area contributed by atoms with Crippen LogP contribution < -0.4 is 10.7 Å². The van der Waals surface area contributed by atoms with Crippen LogP contribution in [0.15, 0.2) is 23.8 Å². The number of aliphatic hydroxyl groups excluding tert-OH is 2. The molecule has 4 unspecified atom stereocenters. The summed E-state index contributed by atoms with van der Waals surface area (Å²) in [5.74, 6) is -4.37. The van der Waals surface area contributed by atoms with Gasteiger partial charge in [0.25, 0.3) is 0 Å². The molecule has 4 aromatic rings. The van der Waals surface area contributed by atoms with E-state index in [1.165, 1.54) is 18.6 Å². The molecule has 0 amide bonds. The third-order valence-corrected chi connectivity index (χ3v) is 9.05. The number of fused-ring (bicyclic) bond motifs is 2. The molecule has 5 N–H and O–H groups in total. The minimum atomic E-state index is -5.05. The lowest BCUT2D eigenvalue weighted by Crippen LogP contribution is -2.86. The summed E-state index contributed by atoms with van der Waals surface area (Å²) in [5, 5.41) is 25.1. The zero-order valence-electron chi connectivity index (χ0n) is 23.1. The Bertz CT molecular complexity index is 1900. The first kappa shape index (κ1) is 32.6. The highest BCUT2D eigenvalue weighted by Crippen LogP contribution is 2.41. The summed E-state index contributed by atoms with van der Waals surface area (Å²) < 4.78 is 98.5. The van der Waals surface area contributed by atoms with Crippen LogP contribution in [0.1, 0.15) is 28.9 Å². The van der Waals surface area contributed by atoms with E-state index in [0.717, 1.165) is 22.2 Å². The third-order valence-electron chi connectivity index (χ3n) is 7.57. The molecular weight excluding hydrogens is 689 g/mol.